The Bertz CT molecular complexity index is 198. The highest BCUT2D eigenvalue weighted by Gasteiger charge is 1.93. The Morgan fingerprint density at radius 3 is 2.44 bits per heavy atom. The maximum absolute atomic E-state index is 4.94. The molecule has 9 heavy (non-hydrogen) atoms. The average Bonchev–Trinajstić information content (AvgIpc) is 1.89. The van der Waals surface area contributed by atoms with E-state index in [9.17, 15) is 0 Å². The minimum atomic E-state index is 0.764. The van der Waals surface area contributed by atoms with Crippen LogP contribution in [0.1, 0.15) is 0 Å². The molecule has 1 radical (unpaired) electrons. The Morgan fingerprint density at radius 1 is 1.33 bits per heavy atom. The van der Waals surface area contributed by atoms with Crippen LogP contribution in [0, 0.1) is 0 Å². The van der Waals surface area contributed by atoms with Crippen molar-refractivity contribution >= 4 is 12.6 Å². The molecule has 0 aliphatic rings. The van der Waals surface area contributed by atoms with Gasteiger partial charge >= 0.3 is 0 Å². The van der Waals surface area contributed by atoms with Gasteiger partial charge in [-0.15, -0.1) is 0 Å². The molecule has 0 aromatic heterocycles. The van der Waals surface area contributed by atoms with E-state index in [0.717, 1.165) is 10.6 Å². The molecule has 2 heteroatoms. The van der Waals surface area contributed by atoms with Crippen molar-refractivity contribution in [2.24, 2.45) is 0 Å². The first-order valence-corrected chi connectivity index (χ1v) is 3.05. The maximum atomic E-state index is 4.94. The highest BCUT2D eigenvalue weighted by molar-refractivity contribution is 7.80. The molecular formula is C7H7OS. The van der Waals surface area contributed by atoms with Crippen LogP contribution in [0.15, 0.2) is 29.2 Å². The number of rotatable bonds is 1. The number of benzene rings is 1. The van der Waals surface area contributed by atoms with Gasteiger partial charge in [-0.1, -0.05) is 24.8 Å². The number of ether oxygens (including phenoxy) is 1. The van der Waals surface area contributed by atoms with E-state index in [1.54, 1.807) is 7.11 Å². The van der Waals surface area contributed by atoms with Crippen molar-refractivity contribution in [3.8, 4) is 5.75 Å². The van der Waals surface area contributed by atoms with Gasteiger partial charge in [-0.25, -0.2) is 0 Å². The van der Waals surface area contributed by atoms with E-state index in [2.05, 4.69) is 0 Å². The average molecular weight is 139 g/mol. The first kappa shape index (κ1) is 6.36. The van der Waals surface area contributed by atoms with Gasteiger partial charge < -0.3 is 4.74 Å². The van der Waals surface area contributed by atoms with Gasteiger partial charge in [-0.3, -0.25) is 0 Å². The second-order valence-corrected chi connectivity index (χ2v) is 2.09. The summed E-state index contributed by atoms with van der Waals surface area (Å²) in [7, 11) is 1.62. The van der Waals surface area contributed by atoms with Crippen LogP contribution in [0.3, 0.4) is 0 Å². The monoisotopic (exact) mass is 139 g/mol. The van der Waals surface area contributed by atoms with E-state index in [0.29, 0.717) is 0 Å². The lowest BCUT2D eigenvalue weighted by Gasteiger charge is -1.98. The molecule has 0 heterocycles. The van der Waals surface area contributed by atoms with Crippen LogP contribution in [0.25, 0.3) is 0 Å². The molecule has 1 nitrogen and oxygen atoms in total. The third-order valence-electron chi connectivity index (χ3n) is 1.07. The number of methoxy groups -OCH3 is 1. The van der Waals surface area contributed by atoms with Gasteiger partial charge in [-0.2, -0.15) is 0 Å². The molecule has 0 fully saturated rings. The lowest BCUT2D eigenvalue weighted by Crippen LogP contribution is -1.81. The van der Waals surface area contributed by atoms with Crippen molar-refractivity contribution in [3.05, 3.63) is 24.3 Å². The smallest absolute Gasteiger partial charge is 0.136 e. The Morgan fingerprint density at radius 2 is 2.00 bits per heavy atom. The van der Waals surface area contributed by atoms with Crippen molar-refractivity contribution < 1.29 is 4.74 Å². The highest BCUT2D eigenvalue weighted by Crippen LogP contribution is 2.19. The molecule has 0 aliphatic carbocycles. The predicted octanol–water partition coefficient (Wildman–Crippen LogP) is 2.25. The molecule has 0 N–H and O–H groups in total. The fourth-order valence-electron chi connectivity index (χ4n) is 0.619. The van der Waals surface area contributed by atoms with Gasteiger partial charge in [0.1, 0.15) is 5.75 Å². The van der Waals surface area contributed by atoms with Crippen molar-refractivity contribution in [2.75, 3.05) is 7.11 Å². The molecule has 0 amide bonds. The van der Waals surface area contributed by atoms with E-state index in [4.69, 9.17) is 17.4 Å². The van der Waals surface area contributed by atoms with E-state index in [1.807, 2.05) is 24.3 Å². The zero-order valence-corrected chi connectivity index (χ0v) is 5.94. The van der Waals surface area contributed by atoms with E-state index < -0.39 is 0 Å². The predicted molar refractivity (Wildman–Crippen MR) is 38.9 cm³/mol. The second-order valence-electron chi connectivity index (χ2n) is 1.65. The third-order valence-corrected chi connectivity index (χ3v) is 1.41. The molecular weight excluding hydrogens is 132 g/mol. The van der Waals surface area contributed by atoms with Gasteiger partial charge in [0.25, 0.3) is 0 Å². The summed E-state index contributed by atoms with van der Waals surface area (Å²) in [5.41, 5.74) is 0. The molecule has 0 saturated heterocycles. The molecule has 0 spiro atoms. The Kier molecular flexibility index (Phi) is 1.90. The molecule has 0 saturated carbocycles. The largest absolute Gasteiger partial charge is 0.495 e. The molecule has 0 unspecified atom stereocenters. The van der Waals surface area contributed by atoms with Crippen LogP contribution in [-0.4, -0.2) is 7.11 Å². The summed E-state index contributed by atoms with van der Waals surface area (Å²) in [4.78, 5) is 0.764. The van der Waals surface area contributed by atoms with Crippen LogP contribution >= 0.6 is 12.6 Å². The third kappa shape index (κ3) is 1.33. The Hall–Kier alpha value is -0.760. The molecule has 47 valence electrons. The molecule has 1 aromatic rings. The zero-order chi connectivity index (χ0) is 6.69. The van der Waals surface area contributed by atoms with Gasteiger partial charge in [0, 0.05) is 0 Å². The van der Waals surface area contributed by atoms with Crippen LogP contribution in [0.5, 0.6) is 5.75 Å². The van der Waals surface area contributed by atoms with Crippen molar-refractivity contribution in [3.63, 3.8) is 0 Å². The highest BCUT2D eigenvalue weighted by atomic mass is 32.1. The summed E-state index contributed by atoms with van der Waals surface area (Å²) < 4.78 is 4.94. The number of hydrogen-bond acceptors (Lipinski definition) is 1. The van der Waals surface area contributed by atoms with Crippen molar-refractivity contribution in [2.45, 2.75) is 4.90 Å². The summed E-state index contributed by atoms with van der Waals surface area (Å²) in [5, 5.41) is 0. The molecule has 0 atom stereocenters. The molecule has 1 rings (SSSR count). The van der Waals surface area contributed by atoms with Crippen molar-refractivity contribution in [1.82, 2.24) is 0 Å². The van der Waals surface area contributed by atoms with Crippen LogP contribution < -0.4 is 4.74 Å². The minimum Gasteiger partial charge on any atom is -0.495 e. The molecule has 0 bridgehead atoms. The van der Waals surface area contributed by atoms with E-state index >= 15 is 0 Å². The van der Waals surface area contributed by atoms with Gasteiger partial charge in [-0.05, 0) is 12.1 Å². The summed E-state index contributed by atoms with van der Waals surface area (Å²) >= 11 is 4.93. The van der Waals surface area contributed by atoms with Gasteiger partial charge in [0.2, 0.25) is 0 Å². The summed E-state index contributed by atoms with van der Waals surface area (Å²) in [5.74, 6) is 0.771. The first-order chi connectivity index (χ1) is 4.34. The van der Waals surface area contributed by atoms with Gasteiger partial charge in [0.05, 0.1) is 12.0 Å². The van der Waals surface area contributed by atoms with E-state index in [1.165, 1.54) is 0 Å². The fraction of sp³-hybridized carbons (Fsp3) is 0.143. The number of para-hydroxylation sites is 1. The minimum absolute atomic E-state index is 0.764. The Balaban J connectivity index is 3.01. The summed E-state index contributed by atoms with van der Waals surface area (Å²) in [6.07, 6.45) is 0. The quantitative estimate of drug-likeness (QED) is 0.579. The summed E-state index contributed by atoms with van der Waals surface area (Å²) in [6.45, 7) is 0. The standard InChI is InChI=1S/C7H7OS/c1-8-6-4-2-3-5-7(6)9/h2-5H,1H3. The zero-order valence-electron chi connectivity index (χ0n) is 5.13. The van der Waals surface area contributed by atoms with Crippen LogP contribution in [-0.2, 0) is 0 Å². The Labute approximate surface area is 60.1 Å². The van der Waals surface area contributed by atoms with Crippen LogP contribution in [0.2, 0.25) is 0 Å². The lowest BCUT2D eigenvalue weighted by atomic mass is 10.3. The van der Waals surface area contributed by atoms with Crippen LogP contribution in [0.4, 0.5) is 0 Å². The molecule has 0 aliphatic heterocycles. The molecule has 1 aromatic carbocycles. The maximum Gasteiger partial charge on any atom is 0.136 e. The first-order valence-electron chi connectivity index (χ1n) is 2.64. The lowest BCUT2D eigenvalue weighted by molar-refractivity contribution is 0.405. The fourth-order valence-corrected chi connectivity index (χ4v) is 0.849. The summed E-state index contributed by atoms with van der Waals surface area (Å²) in [6, 6.07) is 7.48. The van der Waals surface area contributed by atoms with Gasteiger partial charge in [0.15, 0.2) is 0 Å². The van der Waals surface area contributed by atoms with E-state index in [-0.39, 0.29) is 0 Å². The second kappa shape index (κ2) is 2.69. The SMILES string of the molecule is COc1ccccc1[S]. The topological polar surface area (TPSA) is 9.23 Å². The normalized spacial score (nSPS) is 9.00. The van der Waals surface area contributed by atoms with Crippen molar-refractivity contribution in [1.29, 1.82) is 0 Å². The number of hydrogen-bond donors (Lipinski definition) is 0.